The summed E-state index contributed by atoms with van der Waals surface area (Å²) >= 11 is 0. The average molecular weight is 250 g/mol. The van der Waals surface area contributed by atoms with E-state index in [1.807, 2.05) is 0 Å². The predicted octanol–water partition coefficient (Wildman–Crippen LogP) is 2.03. The number of aliphatic carboxylic acids is 1. The molecule has 0 bridgehead atoms. The number of carboxylic acid groups (broad SMARTS) is 1. The fraction of sp³-hybridized carbons (Fsp3) is 0.500. The first-order chi connectivity index (χ1) is 8.58. The summed E-state index contributed by atoms with van der Waals surface area (Å²) < 4.78 is 0. The number of aryl methyl sites for hydroxylation is 2. The quantitative estimate of drug-likeness (QED) is 0.692. The number of carbonyl (C=O) groups is 1. The molecule has 4 N–H and O–H groups in total. The zero-order chi connectivity index (χ0) is 13.5. The van der Waals surface area contributed by atoms with Gasteiger partial charge in [0.1, 0.15) is 0 Å². The van der Waals surface area contributed by atoms with Crippen molar-refractivity contribution in [3.63, 3.8) is 0 Å². The van der Waals surface area contributed by atoms with Crippen molar-refractivity contribution in [2.24, 2.45) is 5.73 Å². The molecule has 0 heterocycles. The van der Waals surface area contributed by atoms with Crippen molar-refractivity contribution in [1.82, 2.24) is 0 Å². The highest BCUT2D eigenvalue weighted by Gasteiger charge is 2.10. The minimum atomic E-state index is -0.858. The number of nitrogens with two attached hydrogens (primary N) is 1. The normalized spacial score (nSPS) is 12.2. The summed E-state index contributed by atoms with van der Waals surface area (Å²) in [5, 5.41) is 12.0. The monoisotopic (exact) mass is 250 g/mol. The molecule has 1 aromatic carbocycles. The molecular weight excluding hydrogens is 228 g/mol. The Morgan fingerprint density at radius 3 is 2.33 bits per heavy atom. The fourth-order valence-corrected chi connectivity index (χ4v) is 2.00. The maximum absolute atomic E-state index is 10.6. The highest BCUT2D eigenvalue weighted by molar-refractivity contribution is 5.67. The van der Waals surface area contributed by atoms with Crippen molar-refractivity contribution in [3.05, 3.63) is 29.3 Å². The summed E-state index contributed by atoms with van der Waals surface area (Å²) in [7, 11) is 0. The predicted molar refractivity (Wildman–Crippen MR) is 73.9 cm³/mol. The van der Waals surface area contributed by atoms with Crippen LogP contribution in [0, 0.1) is 0 Å². The van der Waals surface area contributed by atoms with Crippen molar-refractivity contribution in [2.75, 3.05) is 11.9 Å². The van der Waals surface area contributed by atoms with E-state index >= 15 is 0 Å². The van der Waals surface area contributed by atoms with Gasteiger partial charge in [0.15, 0.2) is 0 Å². The Morgan fingerprint density at radius 2 is 1.89 bits per heavy atom. The van der Waals surface area contributed by atoms with Crippen molar-refractivity contribution in [3.8, 4) is 0 Å². The Balaban J connectivity index is 2.73. The number of benzene rings is 1. The molecule has 100 valence electrons. The van der Waals surface area contributed by atoms with Crippen molar-refractivity contribution in [1.29, 1.82) is 0 Å². The average Bonchev–Trinajstić information content (AvgIpc) is 2.34. The summed E-state index contributed by atoms with van der Waals surface area (Å²) in [6.45, 7) is 4.70. The molecule has 0 aromatic heterocycles. The van der Waals surface area contributed by atoms with E-state index in [9.17, 15) is 4.79 Å². The van der Waals surface area contributed by atoms with E-state index in [2.05, 4.69) is 37.4 Å². The van der Waals surface area contributed by atoms with Crippen LogP contribution < -0.4 is 11.1 Å². The Kier molecular flexibility index (Phi) is 5.65. The van der Waals surface area contributed by atoms with Gasteiger partial charge in [-0.25, -0.2) is 0 Å². The lowest BCUT2D eigenvalue weighted by molar-refractivity contribution is -0.137. The molecule has 4 nitrogen and oxygen atoms in total. The number of hydrogen-bond acceptors (Lipinski definition) is 3. The van der Waals surface area contributed by atoms with Crippen LogP contribution in [0.15, 0.2) is 18.2 Å². The number of rotatable bonds is 7. The lowest BCUT2D eigenvalue weighted by atomic mass is 10.0. The molecule has 1 unspecified atom stereocenters. The van der Waals surface area contributed by atoms with Crippen LogP contribution in [0.25, 0.3) is 0 Å². The van der Waals surface area contributed by atoms with Gasteiger partial charge in [-0.05, 0) is 24.0 Å². The topological polar surface area (TPSA) is 75.3 Å². The van der Waals surface area contributed by atoms with Gasteiger partial charge in [0.05, 0.1) is 6.42 Å². The van der Waals surface area contributed by atoms with Gasteiger partial charge in [-0.2, -0.15) is 0 Å². The molecule has 0 radical (unpaired) electrons. The third-order valence-electron chi connectivity index (χ3n) is 2.98. The van der Waals surface area contributed by atoms with Gasteiger partial charge in [-0.15, -0.1) is 0 Å². The van der Waals surface area contributed by atoms with Crippen LogP contribution in [0.5, 0.6) is 0 Å². The van der Waals surface area contributed by atoms with Crippen molar-refractivity contribution in [2.45, 2.75) is 39.2 Å². The fourth-order valence-electron chi connectivity index (χ4n) is 2.00. The molecule has 4 heteroatoms. The highest BCUT2D eigenvalue weighted by atomic mass is 16.4. The van der Waals surface area contributed by atoms with E-state index < -0.39 is 5.97 Å². The summed E-state index contributed by atoms with van der Waals surface area (Å²) in [4.78, 5) is 10.6. The van der Waals surface area contributed by atoms with Gasteiger partial charge in [0.2, 0.25) is 0 Å². The van der Waals surface area contributed by atoms with E-state index in [4.69, 9.17) is 10.8 Å². The summed E-state index contributed by atoms with van der Waals surface area (Å²) in [6.07, 6.45) is 1.89. The van der Waals surface area contributed by atoms with E-state index in [0.717, 1.165) is 18.5 Å². The number of nitrogens with one attached hydrogen (secondary N) is 1. The van der Waals surface area contributed by atoms with Gasteiger partial charge in [-0.3, -0.25) is 4.79 Å². The molecule has 1 atom stereocenters. The first-order valence-electron chi connectivity index (χ1n) is 6.40. The second kappa shape index (κ2) is 7.01. The van der Waals surface area contributed by atoms with Gasteiger partial charge in [0.25, 0.3) is 0 Å². The summed E-state index contributed by atoms with van der Waals surface area (Å²) in [5.74, 6) is -0.858. The second-order valence-electron chi connectivity index (χ2n) is 4.40. The minimum absolute atomic E-state index is 0.0112. The van der Waals surface area contributed by atoms with Crippen LogP contribution in [0.3, 0.4) is 0 Å². The second-order valence-corrected chi connectivity index (χ2v) is 4.40. The van der Waals surface area contributed by atoms with E-state index in [1.165, 1.54) is 11.1 Å². The maximum Gasteiger partial charge on any atom is 0.304 e. The number of anilines is 1. The van der Waals surface area contributed by atoms with Gasteiger partial charge in [0, 0.05) is 18.3 Å². The van der Waals surface area contributed by atoms with Gasteiger partial charge < -0.3 is 16.2 Å². The number of carboxylic acids is 1. The molecule has 0 aliphatic rings. The van der Waals surface area contributed by atoms with Crippen LogP contribution in [-0.4, -0.2) is 23.7 Å². The van der Waals surface area contributed by atoms with Gasteiger partial charge in [-0.1, -0.05) is 32.0 Å². The zero-order valence-electron chi connectivity index (χ0n) is 11.1. The standard InChI is InChI=1S/C14H22N2O2/c1-3-10-6-5-7-11(4-2)14(10)16-9-12(15)8-13(17)18/h5-7,12,16H,3-4,8-9,15H2,1-2H3,(H,17,18). The lowest BCUT2D eigenvalue weighted by Crippen LogP contribution is -2.32. The summed E-state index contributed by atoms with van der Waals surface area (Å²) in [6, 6.07) is 5.87. The Hall–Kier alpha value is -1.55. The lowest BCUT2D eigenvalue weighted by Gasteiger charge is -2.17. The first-order valence-corrected chi connectivity index (χ1v) is 6.40. The molecule has 0 saturated carbocycles. The first kappa shape index (κ1) is 14.5. The molecule has 18 heavy (non-hydrogen) atoms. The highest BCUT2D eigenvalue weighted by Crippen LogP contribution is 2.22. The molecule has 1 rings (SSSR count). The van der Waals surface area contributed by atoms with E-state index in [-0.39, 0.29) is 12.5 Å². The summed E-state index contributed by atoms with van der Waals surface area (Å²) in [5.41, 5.74) is 9.37. The SMILES string of the molecule is CCc1cccc(CC)c1NCC(N)CC(=O)O. The van der Waals surface area contributed by atoms with E-state index in [1.54, 1.807) is 0 Å². The Bertz CT molecular complexity index is 383. The van der Waals surface area contributed by atoms with Crippen LogP contribution >= 0.6 is 0 Å². The van der Waals surface area contributed by atoms with Crippen LogP contribution in [0.2, 0.25) is 0 Å². The third-order valence-corrected chi connectivity index (χ3v) is 2.98. The molecule has 0 fully saturated rings. The molecule has 0 spiro atoms. The largest absolute Gasteiger partial charge is 0.481 e. The van der Waals surface area contributed by atoms with Gasteiger partial charge >= 0.3 is 5.97 Å². The Morgan fingerprint density at radius 1 is 1.33 bits per heavy atom. The molecular formula is C14H22N2O2. The Labute approximate surface area is 108 Å². The van der Waals surface area contributed by atoms with Crippen LogP contribution in [0.1, 0.15) is 31.4 Å². The van der Waals surface area contributed by atoms with Crippen molar-refractivity contribution < 1.29 is 9.90 Å². The van der Waals surface area contributed by atoms with E-state index in [0.29, 0.717) is 6.54 Å². The molecule has 0 saturated heterocycles. The third kappa shape index (κ3) is 4.04. The number of para-hydroxylation sites is 1. The van der Waals surface area contributed by atoms with Crippen LogP contribution in [0.4, 0.5) is 5.69 Å². The smallest absolute Gasteiger partial charge is 0.304 e. The maximum atomic E-state index is 10.6. The van der Waals surface area contributed by atoms with Crippen LogP contribution in [-0.2, 0) is 17.6 Å². The zero-order valence-corrected chi connectivity index (χ0v) is 11.1. The molecule has 0 aliphatic carbocycles. The molecule has 0 amide bonds. The van der Waals surface area contributed by atoms with Crippen molar-refractivity contribution >= 4 is 11.7 Å². The number of hydrogen-bond donors (Lipinski definition) is 3. The molecule has 0 aliphatic heterocycles. The molecule has 1 aromatic rings. The minimum Gasteiger partial charge on any atom is -0.481 e.